The molecule has 44 heavy (non-hydrogen) atoms. The molecular weight excluding hydrogens is 558 g/mol. The quantitative estimate of drug-likeness (QED) is 0.213. The molecule has 0 aliphatic heterocycles. The lowest BCUT2D eigenvalue weighted by atomic mass is 9.98. The van der Waals surface area contributed by atoms with Crippen LogP contribution in [0.2, 0.25) is 0 Å². The molecule has 222 valence electrons. The van der Waals surface area contributed by atoms with Crippen LogP contribution in [0.1, 0.15) is 22.5 Å². The summed E-state index contributed by atoms with van der Waals surface area (Å²) in [6.07, 6.45) is 0.740. The van der Waals surface area contributed by atoms with Gasteiger partial charge in [0.25, 0.3) is 5.56 Å². The van der Waals surface area contributed by atoms with E-state index in [1.165, 1.54) is 21.3 Å². The predicted octanol–water partition coefficient (Wildman–Crippen LogP) is 6.24. The van der Waals surface area contributed by atoms with E-state index < -0.39 is 0 Å². The van der Waals surface area contributed by atoms with Crippen LogP contribution in [-0.4, -0.2) is 37.0 Å². The Morgan fingerprint density at radius 1 is 0.841 bits per heavy atom. The van der Waals surface area contributed by atoms with E-state index in [0.29, 0.717) is 57.2 Å². The molecule has 0 unspecified atom stereocenters. The zero-order chi connectivity index (χ0) is 30.8. The van der Waals surface area contributed by atoms with E-state index in [1.807, 2.05) is 54.6 Å². The van der Waals surface area contributed by atoms with Gasteiger partial charge >= 0.3 is 0 Å². The minimum Gasteiger partial charge on any atom is -0.493 e. The first-order valence-corrected chi connectivity index (χ1v) is 14.1. The van der Waals surface area contributed by atoms with Gasteiger partial charge in [0.1, 0.15) is 16.7 Å². The maximum atomic E-state index is 14.0. The number of nitrogens with zero attached hydrogens (tertiary/aromatic N) is 2. The van der Waals surface area contributed by atoms with Crippen molar-refractivity contribution in [2.45, 2.75) is 19.8 Å². The molecule has 0 bridgehead atoms. The Morgan fingerprint density at radius 2 is 1.55 bits per heavy atom. The summed E-state index contributed by atoms with van der Waals surface area (Å²) in [5.41, 5.74) is 5.07. The van der Waals surface area contributed by atoms with Crippen molar-refractivity contribution >= 4 is 33.4 Å². The van der Waals surface area contributed by atoms with Crippen molar-refractivity contribution in [2.75, 3.05) is 26.6 Å². The van der Waals surface area contributed by atoms with Crippen molar-refractivity contribution < 1.29 is 23.5 Å². The number of carbonyl (C=O) groups excluding carboxylic acids is 1. The van der Waals surface area contributed by atoms with E-state index in [0.717, 1.165) is 22.1 Å². The molecule has 0 radical (unpaired) electrons. The number of carbonyl (C=O) groups is 1. The summed E-state index contributed by atoms with van der Waals surface area (Å²) in [6.45, 7) is 1.75. The number of anilines is 1. The Morgan fingerprint density at radius 3 is 2.25 bits per heavy atom. The molecule has 0 aliphatic carbocycles. The number of hydrogen-bond donors (Lipinski definition) is 1. The number of aryl methyl sites for hydroxylation is 1. The Hall–Kier alpha value is -5.57. The Kier molecular flexibility index (Phi) is 7.76. The maximum absolute atomic E-state index is 14.0. The van der Waals surface area contributed by atoms with Crippen LogP contribution in [0.25, 0.3) is 27.5 Å². The van der Waals surface area contributed by atoms with E-state index in [-0.39, 0.29) is 17.9 Å². The third-order valence-corrected chi connectivity index (χ3v) is 7.61. The number of rotatable bonds is 9. The molecule has 2 heterocycles. The molecule has 0 saturated carbocycles. The summed E-state index contributed by atoms with van der Waals surface area (Å²) in [7, 11) is 4.55. The number of fused-ring (bicyclic) bond motifs is 3. The average Bonchev–Trinajstić information content (AvgIpc) is 3.42. The van der Waals surface area contributed by atoms with Gasteiger partial charge in [0, 0.05) is 28.9 Å². The van der Waals surface area contributed by atoms with Gasteiger partial charge in [-0.3, -0.25) is 14.2 Å². The van der Waals surface area contributed by atoms with Gasteiger partial charge in [0.15, 0.2) is 11.5 Å². The number of pyridine rings is 1. The van der Waals surface area contributed by atoms with Gasteiger partial charge in [-0.05, 0) is 48.2 Å². The second kappa shape index (κ2) is 12.0. The van der Waals surface area contributed by atoms with Crippen LogP contribution >= 0.6 is 0 Å². The van der Waals surface area contributed by atoms with Crippen molar-refractivity contribution in [3.8, 4) is 22.9 Å². The highest BCUT2D eigenvalue weighted by Gasteiger charge is 2.21. The lowest BCUT2D eigenvalue weighted by molar-refractivity contribution is -0.115. The highest BCUT2D eigenvalue weighted by Crippen LogP contribution is 2.40. The second-order valence-electron chi connectivity index (χ2n) is 10.4. The molecule has 0 fully saturated rings. The summed E-state index contributed by atoms with van der Waals surface area (Å²) in [4.78, 5) is 27.1. The number of aromatic nitrogens is 2. The van der Waals surface area contributed by atoms with Crippen LogP contribution in [0.4, 0.5) is 5.69 Å². The fourth-order valence-electron chi connectivity index (χ4n) is 5.63. The second-order valence-corrected chi connectivity index (χ2v) is 10.4. The zero-order valence-corrected chi connectivity index (χ0v) is 24.8. The van der Waals surface area contributed by atoms with Crippen LogP contribution in [0.3, 0.4) is 0 Å². The first-order chi connectivity index (χ1) is 21.4. The van der Waals surface area contributed by atoms with Crippen molar-refractivity contribution in [3.05, 3.63) is 118 Å². The van der Waals surface area contributed by atoms with Gasteiger partial charge < -0.3 is 24.1 Å². The Balaban J connectivity index is 1.39. The smallest absolute Gasteiger partial charge is 0.268 e. The van der Waals surface area contributed by atoms with Gasteiger partial charge in [0.2, 0.25) is 11.7 Å². The molecule has 0 atom stereocenters. The molecule has 4 aromatic carbocycles. The van der Waals surface area contributed by atoms with E-state index in [2.05, 4.69) is 28.7 Å². The van der Waals surface area contributed by atoms with Crippen molar-refractivity contribution in [1.29, 1.82) is 0 Å². The molecule has 0 saturated heterocycles. The lowest BCUT2D eigenvalue weighted by Gasteiger charge is -2.16. The van der Waals surface area contributed by atoms with E-state index in [1.54, 1.807) is 23.6 Å². The normalized spacial score (nSPS) is 11.1. The minimum atomic E-state index is -0.246. The summed E-state index contributed by atoms with van der Waals surface area (Å²) in [5.74, 6) is 1.51. The summed E-state index contributed by atoms with van der Waals surface area (Å²) in [5, 5.41) is 8.50. The standard InChI is InChI=1S/C35H31N3O6/c1-21-31-33(37-44-21)32-24(16-22-10-6-5-7-11-22)13-9-15-27(32)38(35(31)40)26-14-8-12-23(17-26)18-30(39)36-25-19-28(41-2)34(43-4)29(20-25)42-3/h5-15,17,19-20H,16,18H2,1-4H3,(H,36,39). The van der Waals surface area contributed by atoms with Gasteiger partial charge in [-0.25, -0.2) is 0 Å². The van der Waals surface area contributed by atoms with Gasteiger partial charge in [-0.15, -0.1) is 0 Å². The fraction of sp³-hybridized carbons (Fsp3) is 0.171. The number of nitrogens with one attached hydrogen (secondary N) is 1. The van der Waals surface area contributed by atoms with Crippen molar-refractivity contribution in [1.82, 2.24) is 9.72 Å². The number of methoxy groups -OCH3 is 3. The SMILES string of the molecule is COc1cc(NC(=O)Cc2cccc(-n3c(=O)c4c(C)onc4c4c(Cc5ccccc5)cccc43)c2)cc(OC)c1OC. The third kappa shape index (κ3) is 5.24. The third-order valence-electron chi connectivity index (χ3n) is 7.61. The first-order valence-electron chi connectivity index (χ1n) is 14.1. The fourth-order valence-corrected chi connectivity index (χ4v) is 5.63. The summed E-state index contributed by atoms with van der Waals surface area (Å²) >= 11 is 0. The van der Waals surface area contributed by atoms with Gasteiger partial charge in [-0.1, -0.05) is 59.8 Å². The number of ether oxygens (including phenoxy) is 3. The molecule has 1 amide bonds. The van der Waals surface area contributed by atoms with Gasteiger partial charge in [0.05, 0.1) is 33.3 Å². The number of hydrogen-bond acceptors (Lipinski definition) is 7. The van der Waals surface area contributed by atoms with E-state index >= 15 is 0 Å². The number of benzene rings is 4. The molecule has 9 heteroatoms. The van der Waals surface area contributed by atoms with Crippen LogP contribution in [0.5, 0.6) is 17.2 Å². The molecular formula is C35H31N3O6. The highest BCUT2D eigenvalue weighted by atomic mass is 16.5. The van der Waals surface area contributed by atoms with Crippen LogP contribution in [0, 0.1) is 6.92 Å². The first kappa shape index (κ1) is 28.5. The monoisotopic (exact) mass is 589 g/mol. The van der Waals surface area contributed by atoms with E-state index in [9.17, 15) is 9.59 Å². The van der Waals surface area contributed by atoms with Gasteiger partial charge in [-0.2, -0.15) is 0 Å². The molecule has 2 aromatic heterocycles. The Labute approximate surface area is 253 Å². The van der Waals surface area contributed by atoms with Crippen molar-refractivity contribution in [2.24, 2.45) is 0 Å². The van der Waals surface area contributed by atoms with E-state index in [4.69, 9.17) is 18.7 Å². The molecule has 0 spiro atoms. The molecule has 6 aromatic rings. The summed E-state index contributed by atoms with van der Waals surface area (Å²) < 4.78 is 23.4. The maximum Gasteiger partial charge on any atom is 0.268 e. The lowest BCUT2D eigenvalue weighted by Crippen LogP contribution is -2.20. The predicted molar refractivity (Wildman–Crippen MR) is 170 cm³/mol. The molecule has 6 rings (SSSR count). The minimum absolute atomic E-state index is 0.0744. The average molecular weight is 590 g/mol. The Bertz CT molecular complexity index is 2040. The summed E-state index contributed by atoms with van der Waals surface area (Å²) in [6, 6.07) is 26.8. The highest BCUT2D eigenvalue weighted by molar-refractivity contribution is 6.06. The zero-order valence-electron chi connectivity index (χ0n) is 24.8. The topological polar surface area (TPSA) is 105 Å². The van der Waals surface area contributed by atoms with Crippen LogP contribution < -0.4 is 25.1 Å². The molecule has 9 nitrogen and oxygen atoms in total. The largest absolute Gasteiger partial charge is 0.493 e. The molecule has 1 N–H and O–H groups in total. The van der Waals surface area contributed by atoms with Crippen LogP contribution in [-0.2, 0) is 17.6 Å². The van der Waals surface area contributed by atoms with Crippen molar-refractivity contribution in [3.63, 3.8) is 0 Å². The number of amides is 1. The molecule has 0 aliphatic rings. The van der Waals surface area contributed by atoms with Crippen LogP contribution in [0.15, 0.2) is 94.2 Å².